The Morgan fingerprint density at radius 2 is 2.17 bits per heavy atom. The van der Waals surface area contributed by atoms with E-state index in [2.05, 4.69) is 10.2 Å². The number of piperidine rings is 1. The van der Waals surface area contributed by atoms with E-state index in [4.69, 9.17) is 9.47 Å². The van der Waals surface area contributed by atoms with Gasteiger partial charge in [0.05, 0.1) is 13.0 Å². The molecule has 2 heterocycles. The average molecular weight is 332 g/mol. The first kappa shape index (κ1) is 17.1. The molecule has 1 aromatic carbocycles. The third kappa shape index (κ3) is 4.41. The Bertz CT molecular complexity index is 556. The van der Waals surface area contributed by atoms with Gasteiger partial charge in [-0.05, 0) is 69.1 Å². The van der Waals surface area contributed by atoms with E-state index < -0.39 is 0 Å². The topological polar surface area (TPSA) is 50.8 Å². The summed E-state index contributed by atoms with van der Waals surface area (Å²) in [6, 6.07) is 5.77. The van der Waals surface area contributed by atoms with Crippen molar-refractivity contribution in [3.63, 3.8) is 0 Å². The highest BCUT2D eigenvalue weighted by Crippen LogP contribution is 2.30. The molecule has 1 N–H and O–H groups in total. The van der Waals surface area contributed by atoms with Crippen LogP contribution >= 0.6 is 0 Å². The third-order valence-electron chi connectivity index (χ3n) is 4.94. The fraction of sp³-hybridized carbons (Fsp3) is 0.632. The van der Waals surface area contributed by atoms with Gasteiger partial charge < -0.3 is 19.7 Å². The summed E-state index contributed by atoms with van der Waals surface area (Å²) in [6.07, 6.45) is 5.72. The number of likely N-dealkylation sites (tertiary alicyclic amines) is 1. The molecule has 3 rings (SSSR count). The molecule has 1 saturated heterocycles. The van der Waals surface area contributed by atoms with Crippen molar-refractivity contribution >= 4 is 5.91 Å². The van der Waals surface area contributed by atoms with Gasteiger partial charge in [-0.15, -0.1) is 0 Å². The average Bonchev–Trinajstić information content (AvgIpc) is 2.65. The monoisotopic (exact) mass is 332 g/mol. The van der Waals surface area contributed by atoms with Crippen LogP contribution in [0.25, 0.3) is 0 Å². The van der Waals surface area contributed by atoms with Crippen molar-refractivity contribution in [1.29, 1.82) is 0 Å². The van der Waals surface area contributed by atoms with Crippen molar-refractivity contribution < 1.29 is 14.3 Å². The highest BCUT2D eigenvalue weighted by atomic mass is 16.5. The second-order valence-electron chi connectivity index (χ2n) is 6.73. The van der Waals surface area contributed by atoms with Crippen LogP contribution in [0.15, 0.2) is 18.2 Å². The maximum atomic E-state index is 12.4. The Kier molecular flexibility index (Phi) is 5.96. The fourth-order valence-electron chi connectivity index (χ4n) is 3.51. The number of benzene rings is 1. The quantitative estimate of drug-likeness (QED) is 0.812. The lowest BCUT2D eigenvalue weighted by Gasteiger charge is -2.27. The summed E-state index contributed by atoms with van der Waals surface area (Å²) in [5.74, 6) is 1.66. The molecule has 1 amide bonds. The van der Waals surface area contributed by atoms with Crippen LogP contribution in [-0.2, 0) is 11.2 Å². The van der Waals surface area contributed by atoms with Crippen LogP contribution in [-0.4, -0.2) is 50.7 Å². The van der Waals surface area contributed by atoms with Gasteiger partial charge in [-0.3, -0.25) is 4.79 Å². The molecule has 0 radical (unpaired) electrons. The van der Waals surface area contributed by atoms with Crippen molar-refractivity contribution in [3.8, 4) is 11.5 Å². The molecule has 2 aliphatic rings. The van der Waals surface area contributed by atoms with Crippen LogP contribution in [0.1, 0.15) is 31.2 Å². The normalized spacial score (nSPS) is 20.8. The molecule has 5 nitrogen and oxygen atoms in total. The second kappa shape index (κ2) is 8.38. The van der Waals surface area contributed by atoms with Gasteiger partial charge in [0.2, 0.25) is 5.91 Å². The van der Waals surface area contributed by atoms with Crippen LogP contribution in [0, 0.1) is 5.92 Å². The van der Waals surface area contributed by atoms with Gasteiger partial charge in [-0.25, -0.2) is 0 Å². The number of fused-ring (bicyclic) bond motifs is 1. The molecule has 0 unspecified atom stereocenters. The van der Waals surface area contributed by atoms with Gasteiger partial charge in [-0.1, -0.05) is 6.42 Å². The van der Waals surface area contributed by atoms with Gasteiger partial charge in [0.15, 0.2) is 0 Å². The Morgan fingerprint density at radius 1 is 1.33 bits per heavy atom. The molecular formula is C19H28N2O3. The van der Waals surface area contributed by atoms with Crippen molar-refractivity contribution in [2.24, 2.45) is 5.92 Å². The maximum Gasteiger partial charge on any atom is 0.226 e. The second-order valence-corrected chi connectivity index (χ2v) is 6.73. The molecule has 0 bridgehead atoms. The molecule has 24 heavy (non-hydrogen) atoms. The van der Waals surface area contributed by atoms with Crippen molar-refractivity contribution in [1.82, 2.24) is 10.2 Å². The molecule has 2 aliphatic heterocycles. The van der Waals surface area contributed by atoms with Gasteiger partial charge in [0.25, 0.3) is 0 Å². The van der Waals surface area contributed by atoms with Crippen molar-refractivity contribution in [2.75, 3.05) is 39.9 Å². The fourth-order valence-corrected chi connectivity index (χ4v) is 3.51. The minimum atomic E-state index is -0.111. The molecule has 1 atom stereocenters. The number of carbonyl (C=O) groups excluding carboxylic acids is 1. The molecule has 1 fully saturated rings. The van der Waals surface area contributed by atoms with E-state index in [1.807, 2.05) is 18.2 Å². The summed E-state index contributed by atoms with van der Waals surface area (Å²) in [6.45, 7) is 4.71. The molecule has 132 valence electrons. The van der Waals surface area contributed by atoms with E-state index in [1.54, 1.807) is 7.11 Å². The number of rotatable bonds is 6. The number of ether oxygens (including phenoxy) is 2. The lowest BCUT2D eigenvalue weighted by molar-refractivity contribution is -0.126. The summed E-state index contributed by atoms with van der Waals surface area (Å²) < 4.78 is 11.0. The van der Waals surface area contributed by atoms with Crippen molar-refractivity contribution in [3.05, 3.63) is 23.8 Å². The summed E-state index contributed by atoms with van der Waals surface area (Å²) >= 11 is 0. The molecule has 0 aromatic heterocycles. The minimum Gasteiger partial charge on any atom is -0.497 e. The van der Waals surface area contributed by atoms with Gasteiger partial charge in [0.1, 0.15) is 18.1 Å². The Labute approximate surface area is 144 Å². The third-order valence-corrected chi connectivity index (χ3v) is 4.94. The SMILES string of the molecule is COc1ccc2c(c1)C[C@@H](C(=O)NCCCN1CCCCC1)CO2. The molecule has 5 heteroatoms. The summed E-state index contributed by atoms with van der Waals surface area (Å²) in [7, 11) is 1.65. The Morgan fingerprint density at radius 3 is 2.96 bits per heavy atom. The largest absolute Gasteiger partial charge is 0.497 e. The maximum absolute atomic E-state index is 12.4. The molecule has 0 spiro atoms. The number of carbonyl (C=O) groups is 1. The first-order valence-electron chi connectivity index (χ1n) is 9.06. The van der Waals surface area contributed by atoms with E-state index in [0.29, 0.717) is 13.0 Å². The van der Waals surface area contributed by atoms with Crippen LogP contribution in [0.3, 0.4) is 0 Å². The first-order valence-corrected chi connectivity index (χ1v) is 9.06. The molecule has 0 aliphatic carbocycles. The first-order chi connectivity index (χ1) is 11.8. The molecule has 0 saturated carbocycles. The van der Waals surface area contributed by atoms with Crippen LogP contribution < -0.4 is 14.8 Å². The lowest BCUT2D eigenvalue weighted by atomic mass is 9.96. The number of nitrogens with zero attached hydrogens (tertiary/aromatic N) is 1. The highest BCUT2D eigenvalue weighted by molar-refractivity contribution is 5.79. The van der Waals surface area contributed by atoms with Gasteiger partial charge in [0, 0.05) is 6.54 Å². The van der Waals surface area contributed by atoms with Crippen LogP contribution in [0.5, 0.6) is 11.5 Å². The Balaban J connectivity index is 1.42. The zero-order chi connectivity index (χ0) is 16.8. The predicted octanol–water partition coefficient (Wildman–Crippen LogP) is 2.24. The van der Waals surface area contributed by atoms with Crippen molar-refractivity contribution in [2.45, 2.75) is 32.1 Å². The number of methoxy groups -OCH3 is 1. The van der Waals surface area contributed by atoms with E-state index in [0.717, 1.165) is 36.6 Å². The van der Waals surface area contributed by atoms with Crippen LogP contribution in [0.4, 0.5) is 0 Å². The van der Waals surface area contributed by atoms with E-state index in [9.17, 15) is 4.79 Å². The minimum absolute atomic E-state index is 0.0992. The van der Waals surface area contributed by atoms with Crippen LogP contribution in [0.2, 0.25) is 0 Å². The number of hydrogen-bond acceptors (Lipinski definition) is 4. The highest BCUT2D eigenvalue weighted by Gasteiger charge is 2.26. The lowest BCUT2D eigenvalue weighted by Crippen LogP contribution is -2.39. The van der Waals surface area contributed by atoms with E-state index in [1.165, 1.54) is 32.4 Å². The standard InChI is InChI=1S/C19H28N2O3/c1-23-17-6-7-18-15(13-17)12-16(14-24-18)19(22)20-8-5-11-21-9-3-2-4-10-21/h6-7,13,16H,2-5,8-12,14H2,1H3,(H,20,22)/t16-/m1/s1. The van der Waals surface area contributed by atoms with Gasteiger partial charge >= 0.3 is 0 Å². The molecule has 1 aromatic rings. The number of nitrogens with one attached hydrogen (secondary N) is 1. The summed E-state index contributed by atoms with van der Waals surface area (Å²) in [5.41, 5.74) is 1.05. The summed E-state index contributed by atoms with van der Waals surface area (Å²) in [4.78, 5) is 14.9. The zero-order valence-corrected chi connectivity index (χ0v) is 14.6. The van der Waals surface area contributed by atoms with Gasteiger partial charge in [-0.2, -0.15) is 0 Å². The number of amides is 1. The smallest absolute Gasteiger partial charge is 0.226 e. The zero-order valence-electron chi connectivity index (χ0n) is 14.6. The Hall–Kier alpha value is -1.75. The van der Waals surface area contributed by atoms with E-state index in [-0.39, 0.29) is 11.8 Å². The predicted molar refractivity (Wildman–Crippen MR) is 93.6 cm³/mol. The summed E-state index contributed by atoms with van der Waals surface area (Å²) in [5, 5.41) is 3.07. The molecular weight excluding hydrogens is 304 g/mol. The van der Waals surface area contributed by atoms with E-state index >= 15 is 0 Å². The number of hydrogen-bond donors (Lipinski definition) is 1.